The summed E-state index contributed by atoms with van der Waals surface area (Å²) in [5.74, 6) is -1.06. The van der Waals surface area contributed by atoms with Gasteiger partial charge in [0.1, 0.15) is 17.1 Å². The molecule has 0 saturated carbocycles. The fraction of sp³-hybridized carbons (Fsp3) is 0.462. The molecule has 1 saturated heterocycles. The number of carbonyl (C=O) groups is 1. The Morgan fingerprint density at radius 3 is 3.05 bits per heavy atom. The van der Waals surface area contributed by atoms with E-state index >= 15 is 0 Å². The number of ether oxygens (including phenoxy) is 1. The van der Waals surface area contributed by atoms with Crippen molar-refractivity contribution in [2.24, 2.45) is 0 Å². The molecule has 1 aliphatic rings. The van der Waals surface area contributed by atoms with E-state index in [0.29, 0.717) is 19.5 Å². The van der Waals surface area contributed by atoms with Crippen molar-refractivity contribution in [3.05, 3.63) is 29.6 Å². The molecule has 2 rings (SSSR count). The average molecular weight is 268 g/mol. The lowest BCUT2D eigenvalue weighted by Gasteiger charge is -2.21. The van der Waals surface area contributed by atoms with Crippen molar-refractivity contribution in [2.45, 2.75) is 12.0 Å². The predicted molar refractivity (Wildman–Crippen MR) is 67.7 cm³/mol. The van der Waals surface area contributed by atoms with Gasteiger partial charge in [0.05, 0.1) is 12.7 Å². The topological polar surface area (TPSA) is 70.6 Å². The first kappa shape index (κ1) is 13.8. The number of aliphatic hydroxyl groups is 1. The second-order valence-electron chi connectivity index (χ2n) is 4.65. The van der Waals surface area contributed by atoms with Gasteiger partial charge >= 0.3 is 0 Å². The zero-order valence-electron chi connectivity index (χ0n) is 10.7. The van der Waals surface area contributed by atoms with Crippen molar-refractivity contribution in [3.8, 4) is 5.75 Å². The standard InChI is InChI=1S/C13H17FN2O3/c1-19-10-4-2-3-9(14)11(10)12(17)16-8-13(18)5-6-15-7-13/h2-4,15,18H,5-8H2,1H3,(H,16,17). The molecule has 0 radical (unpaired) electrons. The summed E-state index contributed by atoms with van der Waals surface area (Å²) in [6, 6.07) is 4.19. The van der Waals surface area contributed by atoms with Crippen LogP contribution in [0.15, 0.2) is 18.2 Å². The molecule has 19 heavy (non-hydrogen) atoms. The van der Waals surface area contributed by atoms with Crippen molar-refractivity contribution in [3.63, 3.8) is 0 Å². The van der Waals surface area contributed by atoms with Gasteiger partial charge in [-0.15, -0.1) is 0 Å². The average Bonchev–Trinajstić information content (AvgIpc) is 2.83. The molecule has 1 aromatic carbocycles. The molecule has 104 valence electrons. The first-order chi connectivity index (χ1) is 9.06. The minimum absolute atomic E-state index is 0.0797. The number of hydrogen-bond acceptors (Lipinski definition) is 4. The van der Waals surface area contributed by atoms with Gasteiger partial charge in [0.15, 0.2) is 0 Å². The maximum absolute atomic E-state index is 13.7. The van der Waals surface area contributed by atoms with E-state index in [1.165, 1.54) is 25.3 Å². The number of nitrogens with one attached hydrogen (secondary N) is 2. The molecule has 1 aliphatic heterocycles. The minimum Gasteiger partial charge on any atom is -0.496 e. The third kappa shape index (κ3) is 3.02. The maximum atomic E-state index is 13.7. The zero-order valence-corrected chi connectivity index (χ0v) is 10.7. The first-order valence-electron chi connectivity index (χ1n) is 6.09. The lowest BCUT2D eigenvalue weighted by molar-refractivity contribution is 0.0559. The van der Waals surface area contributed by atoms with Gasteiger partial charge in [-0.25, -0.2) is 4.39 Å². The second kappa shape index (κ2) is 5.54. The van der Waals surface area contributed by atoms with Crippen LogP contribution < -0.4 is 15.4 Å². The summed E-state index contributed by atoms with van der Waals surface area (Å²) in [4.78, 5) is 12.0. The second-order valence-corrected chi connectivity index (χ2v) is 4.65. The number of hydrogen-bond donors (Lipinski definition) is 3. The summed E-state index contributed by atoms with van der Waals surface area (Å²) in [5, 5.41) is 15.6. The van der Waals surface area contributed by atoms with Crippen LogP contribution in [0.5, 0.6) is 5.75 Å². The van der Waals surface area contributed by atoms with E-state index in [1.807, 2.05) is 0 Å². The summed E-state index contributed by atoms with van der Waals surface area (Å²) in [5.41, 5.74) is -1.10. The molecule has 1 heterocycles. The van der Waals surface area contributed by atoms with Crippen LogP contribution in [0, 0.1) is 5.82 Å². The molecule has 1 atom stereocenters. The third-order valence-corrected chi connectivity index (χ3v) is 3.22. The van der Waals surface area contributed by atoms with E-state index in [9.17, 15) is 14.3 Å². The van der Waals surface area contributed by atoms with Gasteiger partial charge in [-0.3, -0.25) is 4.79 Å². The number of amides is 1. The molecule has 3 N–H and O–H groups in total. The predicted octanol–water partition coefficient (Wildman–Crippen LogP) is 0.288. The molecule has 6 heteroatoms. The van der Waals surface area contributed by atoms with Crippen LogP contribution in [0.25, 0.3) is 0 Å². The Bertz CT molecular complexity index is 473. The van der Waals surface area contributed by atoms with Gasteiger partial charge in [-0.1, -0.05) is 6.07 Å². The van der Waals surface area contributed by atoms with Gasteiger partial charge in [0.25, 0.3) is 5.91 Å². The van der Waals surface area contributed by atoms with Gasteiger partial charge in [-0.05, 0) is 25.1 Å². The SMILES string of the molecule is COc1cccc(F)c1C(=O)NCC1(O)CCNC1. The summed E-state index contributed by atoms with van der Waals surface area (Å²) in [6.07, 6.45) is 0.557. The number of rotatable bonds is 4. The van der Waals surface area contributed by atoms with Gasteiger partial charge in [0.2, 0.25) is 0 Å². The van der Waals surface area contributed by atoms with Crippen LogP contribution >= 0.6 is 0 Å². The molecule has 0 aromatic heterocycles. The molecule has 0 aliphatic carbocycles. The maximum Gasteiger partial charge on any atom is 0.258 e. The molecule has 1 amide bonds. The van der Waals surface area contributed by atoms with E-state index in [0.717, 1.165) is 0 Å². The van der Waals surface area contributed by atoms with Crippen molar-refractivity contribution in [2.75, 3.05) is 26.7 Å². The van der Waals surface area contributed by atoms with E-state index in [1.54, 1.807) is 0 Å². The molecule has 0 bridgehead atoms. The number of benzene rings is 1. The third-order valence-electron chi connectivity index (χ3n) is 3.22. The number of halogens is 1. The first-order valence-corrected chi connectivity index (χ1v) is 6.09. The Balaban J connectivity index is 2.08. The summed E-state index contributed by atoms with van der Waals surface area (Å²) in [6.45, 7) is 1.20. The number of methoxy groups -OCH3 is 1. The van der Waals surface area contributed by atoms with Crippen molar-refractivity contribution >= 4 is 5.91 Å². The Labute approximate surface area is 110 Å². The van der Waals surface area contributed by atoms with E-state index in [2.05, 4.69) is 10.6 Å². The quantitative estimate of drug-likeness (QED) is 0.734. The van der Waals surface area contributed by atoms with E-state index < -0.39 is 17.3 Å². The molecule has 1 fully saturated rings. The van der Waals surface area contributed by atoms with Crippen molar-refractivity contribution in [1.29, 1.82) is 0 Å². The van der Waals surface area contributed by atoms with Crippen LogP contribution in [0.3, 0.4) is 0 Å². The molecular formula is C13H17FN2O3. The Kier molecular flexibility index (Phi) is 4.01. The van der Waals surface area contributed by atoms with Crippen LogP contribution in [0.1, 0.15) is 16.8 Å². The van der Waals surface area contributed by atoms with E-state index in [-0.39, 0.29) is 17.9 Å². The highest BCUT2D eigenvalue weighted by molar-refractivity contribution is 5.97. The molecule has 1 unspecified atom stereocenters. The molecule has 0 spiro atoms. The number of β-amino-alcohol motifs (C(OH)–C–C–N with tert-alkyl or cyclic N) is 1. The lowest BCUT2D eigenvalue weighted by Crippen LogP contribution is -2.44. The zero-order chi connectivity index (χ0) is 13.9. The van der Waals surface area contributed by atoms with Crippen LogP contribution in [0.2, 0.25) is 0 Å². The molecule has 1 aromatic rings. The Morgan fingerprint density at radius 1 is 1.63 bits per heavy atom. The van der Waals surface area contributed by atoms with Crippen molar-refractivity contribution < 1.29 is 19.0 Å². The minimum atomic E-state index is -0.964. The smallest absolute Gasteiger partial charge is 0.258 e. The fourth-order valence-corrected chi connectivity index (χ4v) is 2.11. The van der Waals surface area contributed by atoms with Crippen molar-refractivity contribution in [1.82, 2.24) is 10.6 Å². The largest absolute Gasteiger partial charge is 0.496 e. The van der Waals surface area contributed by atoms with Crippen LogP contribution in [0.4, 0.5) is 4.39 Å². The number of carbonyl (C=O) groups excluding carboxylic acids is 1. The summed E-state index contributed by atoms with van der Waals surface area (Å²) >= 11 is 0. The highest BCUT2D eigenvalue weighted by Crippen LogP contribution is 2.21. The Hall–Kier alpha value is -1.66. The van der Waals surface area contributed by atoms with Crippen LogP contribution in [-0.4, -0.2) is 43.4 Å². The summed E-state index contributed by atoms with van der Waals surface area (Å²) in [7, 11) is 1.37. The normalized spacial score (nSPS) is 22.3. The van der Waals surface area contributed by atoms with Gasteiger partial charge in [-0.2, -0.15) is 0 Å². The van der Waals surface area contributed by atoms with Crippen LogP contribution in [-0.2, 0) is 0 Å². The fourth-order valence-electron chi connectivity index (χ4n) is 2.11. The highest BCUT2D eigenvalue weighted by atomic mass is 19.1. The highest BCUT2D eigenvalue weighted by Gasteiger charge is 2.32. The lowest BCUT2D eigenvalue weighted by atomic mass is 10.0. The summed E-state index contributed by atoms with van der Waals surface area (Å²) < 4.78 is 18.6. The Morgan fingerprint density at radius 2 is 2.42 bits per heavy atom. The van der Waals surface area contributed by atoms with Gasteiger partial charge in [0, 0.05) is 13.1 Å². The molecule has 5 nitrogen and oxygen atoms in total. The van der Waals surface area contributed by atoms with E-state index in [4.69, 9.17) is 4.74 Å². The molecular weight excluding hydrogens is 251 g/mol. The van der Waals surface area contributed by atoms with Gasteiger partial charge < -0.3 is 20.5 Å². The monoisotopic (exact) mass is 268 g/mol.